The summed E-state index contributed by atoms with van der Waals surface area (Å²) in [7, 11) is -3.31. The van der Waals surface area contributed by atoms with Gasteiger partial charge in [0, 0.05) is 24.3 Å². The van der Waals surface area contributed by atoms with Crippen LogP contribution in [-0.2, 0) is 14.8 Å². The molecule has 1 amide bonds. The van der Waals surface area contributed by atoms with Crippen molar-refractivity contribution in [3.63, 3.8) is 0 Å². The van der Waals surface area contributed by atoms with Crippen LogP contribution in [0.4, 0.5) is 5.69 Å². The standard InChI is InChI=1S/C16H20N4O4S2/c1-2-26(22,23)19-13-7-5-12(6-8-13)15-17-18-16(24-15)25-11-14(21)20-9-3-4-10-20/h5-8,19H,2-4,9-11H2,1H3. The zero-order valence-electron chi connectivity index (χ0n) is 14.3. The predicted octanol–water partition coefficient (Wildman–Crippen LogP) is 2.21. The zero-order chi connectivity index (χ0) is 18.6. The number of hydrogen-bond acceptors (Lipinski definition) is 7. The van der Waals surface area contributed by atoms with E-state index in [9.17, 15) is 13.2 Å². The van der Waals surface area contributed by atoms with Crippen LogP contribution in [0.5, 0.6) is 0 Å². The molecule has 26 heavy (non-hydrogen) atoms. The first kappa shape index (κ1) is 18.7. The van der Waals surface area contributed by atoms with Gasteiger partial charge in [-0.05, 0) is 44.0 Å². The van der Waals surface area contributed by atoms with Crippen molar-refractivity contribution in [2.75, 3.05) is 29.3 Å². The van der Waals surface area contributed by atoms with E-state index in [-0.39, 0.29) is 17.4 Å². The minimum Gasteiger partial charge on any atom is -0.411 e. The molecule has 0 unspecified atom stereocenters. The molecule has 1 N–H and O–H groups in total. The molecule has 10 heteroatoms. The highest BCUT2D eigenvalue weighted by atomic mass is 32.2. The van der Waals surface area contributed by atoms with Crippen LogP contribution >= 0.6 is 11.8 Å². The quantitative estimate of drug-likeness (QED) is 0.715. The number of likely N-dealkylation sites (tertiary alicyclic amines) is 1. The van der Waals surface area contributed by atoms with Crippen LogP contribution in [-0.4, -0.2) is 54.0 Å². The van der Waals surface area contributed by atoms with Crippen molar-refractivity contribution >= 4 is 33.4 Å². The van der Waals surface area contributed by atoms with E-state index in [2.05, 4.69) is 14.9 Å². The fourth-order valence-electron chi connectivity index (χ4n) is 2.50. The van der Waals surface area contributed by atoms with Crippen LogP contribution in [0, 0.1) is 0 Å². The van der Waals surface area contributed by atoms with E-state index in [0.717, 1.165) is 25.9 Å². The van der Waals surface area contributed by atoms with Gasteiger partial charge in [0.1, 0.15) is 0 Å². The van der Waals surface area contributed by atoms with Gasteiger partial charge >= 0.3 is 0 Å². The number of carbonyl (C=O) groups is 1. The highest BCUT2D eigenvalue weighted by Gasteiger charge is 2.19. The summed E-state index contributed by atoms with van der Waals surface area (Å²) in [5, 5.41) is 8.27. The highest BCUT2D eigenvalue weighted by Crippen LogP contribution is 2.25. The van der Waals surface area contributed by atoms with E-state index in [1.165, 1.54) is 11.8 Å². The molecule has 2 aromatic rings. The second kappa shape index (κ2) is 8.09. The molecule has 8 nitrogen and oxygen atoms in total. The number of thioether (sulfide) groups is 1. The van der Waals surface area contributed by atoms with Gasteiger partial charge in [-0.15, -0.1) is 10.2 Å². The molecule has 0 atom stereocenters. The van der Waals surface area contributed by atoms with E-state index in [0.29, 0.717) is 22.4 Å². The monoisotopic (exact) mass is 396 g/mol. The first-order valence-electron chi connectivity index (χ1n) is 8.32. The summed E-state index contributed by atoms with van der Waals surface area (Å²) in [6, 6.07) is 6.67. The third-order valence-electron chi connectivity index (χ3n) is 3.97. The largest absolute Gasteiger partial charge is 0.411 e. The zero-order valence-corrected chi connectivity index (χ0v) is 16.0. The van der Waals surface area contributed by atoms with Crippen molar-refractivity contribution in [2.24, 2.45) is 0 Å². The molecule has 1 aromatic carbocycles. The molecule has 1 aliphatic heterocycles. The molecule has 1 aromatic heterocycles. The van der Waals surface area contributed by atoms with E-state index < -0.39 is 10.0 Å². The number of sulfonamides is 1. The number of nitrogens with one attached hydrogen (secondary N) is 1. The predicted molar refractivity (Wildman–Crippen MR) is 99.4 cm³/mol. The van der Waals surface area contributed by atoms with Crippen LogP contribution in [0.2, 0.25) is 0 Å². The number of benzene rings is 1. The summed E-state index contributed by atoms with van der Waals surface area (Å²) in [4.78, 5) is 13.9. The maximum absolute atomic E-state index is 12.0. The van der Waals surface area contributed by atoms with Crippen LogP contribution in [0.25, 0.3) is 11.5 Å². The lowest BCUT2D eigenvalue weighted by Crippen LogP contribution is -2.29. The lowest BCUT2D eigenvalue weighted by molar-refractivity contribution is -0.127. The average Bonchev–Trinajstić information content (AvgIpc) is 3.32. The normalized spacial score (nSPS) is 14.6. The first-order chi connectivity index (χ1) is 12.5. The third-order valence-corrected chi connectivity index (χ3v) is 6.08. The number of anilines is 1. The molecule has 1 fully saturated rings. The maximum Gasteiger partial charge on any atom is 0.277 e. The van der Waals surface area contributed by atoms with Gasteiger partial charge in [-0.3, -0.25) is 9.52 Å². The van der Waals surface area contributed by atoms with E-state index in [4.69, 9.17) is 4.42 Å². The Labute approximate surface area is 156 Å². The molecule has 1 saturated heterocycles. The summed E-state index contributed by atoms with van der Waals surface area (Å²) >= 11 is 1.22. The minimum atomic E-state index is -3.31. The summed E-state index contributed by atoms with van der Waals surface area (Å²) in [6.45, 7) is 3.22. The van der Waals surface area contributed by atoms with Gasteiger partial charge < -0.3 is 9.32 Å². The number of aromatic nitrogens is 2. The van der Waals surface area contributed by atoms with Crippen molar-refractivity contribution in [2.45, 2.75) is 25.0 Å². The number of carbonyl (C=O) groups excluding carboxylic acids is 1. The van der Waals surface area contributed by atoms with Gasteiger partial charge in [0.15, 0.2) is 0 Å². The van der Waals surface area contributed by atoms with Gasteiger partial charge in [-0.2, -0.15) is 0 Å². The Hall–Kier alpha value is -2.07. The van der Waals surface area contributed by atoms with Crippen LogP contribution in [0.1, 0.15) is 19.8 Å². The summed E-state index contributed by atoms with van der Waals surface area (Å²) in [5.41, 5.74) is 1.15. The second-order valence-electron chi connectivity index (χ2n) is 5.83. The van der Waals surface area contributed by atoms with Gasteiger partial charge in [0.2, 0.25) is 21.8 Å². The summed E-state index contributed by atoms with van der Waals surface area (Å²) < 4.78 is 31.2. The van der Waals surface area contributed by atoms with Crippen molar-refractivity contribution in [3.8, 4) is 11.5 Å². The van der Waals surface area contributed by atoms with Crippen molar-refractivity contribution in [1.82, 2.24) is 15.1 Å². The van der Waals surface area contributed by atoms with E-state index in [1.54, 1.807) is 31.2 Å². The molecule has 0 radical (unpaired) electrons. The Balaban J connectivity index is 1.59. The molecule has 140 valence electrons. The lowest BCUT2D eigenvalue weighted by Gasteiger charge is -2.13. The van der Waals surface area contributed by atoms with Crippen LogP contribution < -0.4 is 4.72 Å². The van der Waals surface area contributed by atoms with Crippen LogP contribution in [0.15, 0.2) is 33.9 Å². The SMILES string of the molecule is CCS(=O)(=O)Nc1ccc(-c2nnc(SCC(=O)N3CCCC3)o2)cc1. The molecule has 0 saturated carbocycles. The van der Waals surface area contributed by atoms with Crippen molar-refractivity contribution in [1.29, 1.82) is 0 Å². The number of nitrogens with zero attached hydrogens (tertiary/aromatic N) is 3. The topological polar surface area (TPSA) is 105 Å². The summed E-state index contributed by atoms with van der Waals surface area (Å²) in [5.74, 6) is 0.694. The Kier molecular flexibility index (Phi) is 5.82. The first-order valence-corrected chi connectivity index (χ1v) is 11.0. The van der Waals surface area contributed by atoms with E-state index >= 15 is 0 Å². The average molecular weight is 396 g/mol. The van der Waals surface area contributed by atoms with Crippen molar-refractivity contribution < 1.29 is 17.6 Å². The van der Waals surface area contributed by atoms with Crippen LogP contribution in [0.3, 0.4) is 0 Å². The van der Waals surface area contributed by atoms with Gasteiger partial charge in [0.25, 0.3) is 5.22 Å². The number of rotatable bonds is 7. The third kappa shape index (κ3) is 4.76. The fourth-order valence-corrected chi connectivity index (χ4v) is 3.80. The maximum atomic E-state index is 12.0. The Bertz CT molecular complexity index is 859. The fraction of sp³-hybridized carbons (Fsp3) is 0.438. The molecule has 2 heterocycles. The summed E-state index contributed by atoms with van der Waals surface area (Å²) in [6.07, 6.45) is 2.12. The second-order valence-corrected chi connectivity index (χ2v) is 8.77. The molecule has 1 aliphatic rings. The smallest absolute Gasteiger partial charge is 0.277 e. The number of amides is 1. The Morgan fingerprint density at radius 1 is 1.23 bits per heavy atom. The molecule has 0 aliphatic carbocycles. The molecular weight excluding hydrogens is 376 g/mol. The lowest BCUT2D eigenvalue weighted by atomic mass is 10.2. The van der Waals surface area contributed by atoms with Gasteiger partial charge in [-0.25, -0.2) is 8.42 Å². The van der Waals surface area contributed by atoms with Gasteiger partial charge in [0.05, 0.1) is 11.5 Å². The highest BCUT2D eigenvalue weighted by molar-refractivity contribution is 7.99. The van der Waals surface area contributed by atoms with E-state index in [1.807, 2.05) is 4.90 Å². The Morgan fingerprint density at radius 2 is 1.92 bits per heavy atom. The molecule has 0 bridgehead atoms. The molecular formula is C16H20N4O4S2. The number of hydrogen-bond donors (Lipinski definition) is 1. The molecule has 3 rings (SSSR count). The van der Waals surface area contributed by atoms with Crippen molar-refractivity contribution in [3.05, 3.63) is 24.3 Å². The molecule has 0 spiro atoms. The van der Waals surface area contributed by atoms with Gasteiger partial charge in [-0.1, -0.05) is 11.8 Å². The minimum absolute atomic E-state index is 0.00907. The Morgan fingerprint density at radius 3 is 2.58 bits per heavy atom.